The van der Waals surface area contributed by atoms with E-state index in [4.69, 9.17) is 9.47 Å². The van der Waals surface area contributed by atoms with Crippen LogP contribution in [0.1, 0.15) is 53.9 Å². The molecule has 0 spiro atoms. The molecule has 9 heteroatoms. The molecule has 0 heterocycles. The molecule has 0 aliphatic carbocycles. The molecule has 0 aromatic rings. The molecule has 3 N–H and O–H groups in total. The number of carbonyl (C=O) groups excluding carboxylic acids is 2. The number of alkyl carbamates (subject to hydrolysis) is 1. The molecule has 2 atom stereocenters. The third-order valence-electron chi connectivity index (χ3n) is 3.54. The molecule has 0 saturated heterocycles. The van der Waals surface area contributed by atoms with Crippen LogP contribution in [0.15, 0.2) is 4.99 Å². The van der Waals surface area contributed by atoms with Crippen molar-refractivity contribution in [3.8, 4) is 0 Å². The summed E-state index contributed by atoms with van der Waals surface area (Å²) in [7, 11) is 3.03. The van der Waals surface area contributed by atoms with Crippen molar-refractivity contribution < 1.29 is 19.1 Å². The molecule has 160 valence electrons. The predicted molar refractivity (Wildman–Crippen MR) is 119 cm³/mol. The van der Waals surface area contributed by atoms with Gasteiger partial charge in [-0.2, -0.15) is 0 Å². The monoisotopic (exact) mass is 500 g/mol. The van der Waals surface area contributed by atoms with E-state index in [2.05, 4.69) is 27.9 Å². The molecular weight excluding hydrogens is 463 g/mol. The molecule has 0 fully saturated rings. The Bertz CT molecular complexity index is 467. The summed E-state index contributed by atoms with van der Waals surface area (Å²) >= 11 is 0. The van der Waals surface area contributed by atoms with E-state index in [1.54, 1.807) is 14.0 Å². The third kappa shape index (κ3) is 14.5. The van der Waals surface area contributed by atoms with Crippen molar-refractivity contribution in [2.24, 2.45) is 10.9 Å². The largest absolute Gasteiger partial charge is 0.469 e. The number of nitrogens with zero attached hydrogens (tertiary/aromatic N) is 1. The topological polar surface area (TPSA) is 101 Å². The van der Waals surface area contributed by atoms with Crippen LogP contribution in [-0.4, -0.2) is 56.9 Å². The maximum absolute atomic E-state index is 11.9. The van der Waals surface area contributed by atoms with Gasteiger partial charge in [-0.1, -0.05) is 26.7 Å². The van der Waals surface area contributed by atoms with Gasteiger partial charge in [0.2, 0.25) is 0 Å². The van der Waals surface area contributed by atoms with Crippen LogP contribution in [0, 0.1) is 5.92 Å². The number of unbranched alkanes of at least 4 members (excludes halogenated alkanes) is 1. The van der Waals surface area contributed by atoms with Crippen molar-refractivity contribution in [1.82, 2.24) is 16.0 Å². The van der Waals surface area contributed by atoms with Gasteiger partial charge in [-0.05, 0) is 27.2 Å². The van der Waals surface area contributed by atoms with Crippen LogP contribution in [0.2, 0.25) is 0 Å². The third-order valence-corrected chi connectivity index (χ3v) is 3.54. The SMILES string of the molecule is CCCCC(CNC(=O)OC(C)(C)C)NC(=NC)NCC(C)C(=O)OC.I. The van der Waals surface area contributed by atoms with Gasteiger partial charge in [-0.3, -0.25) is 9.79 Å². The fourth-order valence-electron chi connectivity index (χ4n) is 2.12. The highest BCUT2D eigenvalue weighted by Crippen LogP contribution is 2.07. The van der Waals surface area contributed by atoms with Gasteiger partial charge >= 0.3 is 12.1 Å². The zero-order chi connectivity index (χ0) is 20.2. The molecule has 0 aliphatic heterocycles. The highest BCUT2D eigenvalue weighted by Gasteiger charge is 2.19. The lowest BCUT2D eigenvalue weighted by Gasteiger charge is -2.24. The number of rotatable bonds is 9. The molecule has 0 saturated carbocycles. The molecule has 0 aliphatic rings. The summed E-state index contributed by atoms with van der Waals surface area (Å²) in [5.74, 6) is 0.0162. The second-order valence-electron chi connectivity index (χ2n) is 7.24. The summed E-state index contributed by atoms with van der Waals surface area (Å²) in [6, 6.07) is 0.00195. The Hall–Kier alpha value is -1.26. The number of hydrogen-bond donors (Lipinski definition) is 3. The van der Waals surface area contributed by atoms with Gasteiger partial charge in [-0.15, -0.1) is 24.0 Å². The highest BCUT2D eigenvalue weighted by molar-refractivity contribution is 14.0. The first-order valence-electron chi connectivity index (χ1n) is 9.14. The quantitative estimate of drug-likeness (QED) is 0.195. The summed E-state index contributed by atoms with van der Waals surface area (Å²) in [5.41, 5.74) is -0.530. The Morgan fingerprint density at radius 1 is 1.15 bits per heavy atom. The predicted octanol–water partition coefficient (Wildman–Crippen LogP) is 2.66. The van der Waals surface area contributed by atoms with Crippen LogP contribution >= 0.6 is 24.0 Å². The molecule has 0 radical (unpaired) electrons. The summed E-state index contributed by atoms with van der Waals surface area (Å²) in [4.78, 5) is 27.5. The fraction of sp³-hybridized carbons (Fsp3) is 0.833. The first kappa shape index (κ1) is 28.0. The molecular formula is C18H37IN4O4. The molecule has 0 bridgehead atoms. The number of hydrogen-bond acceptors (Lipinski definition) is 5. The van der Waals surface area contributed by atoms with Gasteiger partial charge < -0.3 is 25.4 Å². The van der Waals surface area contributed by atoms with E-state index in [9.17, 15) is 9.59 Å². The number of nitrogens with one attached hydrogen (secondary N) is 3. The highest BCUT2D eigenvalue weighted by atomic mass is 127. The van der Waals surface area contributed by atoms with Crippen LogP contribution in [-0.2, 0) is 14.3 Å². The van der Waals surface area contributed by atoms with Crippen molar-refractivity contribution in [3.05, 3.63) is 0 Å². The number of halogens is 1. The van der Waals surface area contributed by atoms with Crippen molar-refractivity contribution in [2.45, 2.75) is 65.5 Å². The van der Waals surface area contributed by atoms with E-state index < -0.39 is 11.7 Å². The van der Waals surface area contributed by atoms with Crippen molar-refractivity contribution in [1.29, 1.82) is 0 Å². The zero-order valence-electron chi connectivity index (χ0n) is 17.7. The number of aliphatic imine (C=N–C) groups is 1. The van der Waals surface area contributed by atoms with E-state index in [1.807, 2.05) is 20.8 Å². The van der Waals surface area contributed by atoms with Crippen LogP contribution in [0.25, 0.3) is 0 Å². The number of guanidine groups is 1. The van der Waals surface area contributed by atoms with Gasteiger partial charge in [0, 0.05) is 26.2 Å². The standard InChI is InChI=1S/C18H36N4O4.HI/c1-8-9-10-14(12-21-17(24)26-18(3,4)5)22-16(19-6)20-11-13(2)15(23)25-7;/h13-14H,8-12H2,1-7H3,(H,21,24)(H2,19,20,22);1H. The Morgan fingerprint density at radius 2 is 1.78 bits per heavy atom. The number of esters is 1. The van der Waals surface area contributed by atoms with Gasteiger partial charge in [0.05, 0.1) is 13.0 Å². The van der Waals surface area contributed by atoms with E-state index in [0.29, 0.717) is 19.0 Å². The minimum absolute atomic E-state index is 0. The number of amides is 1. The van der Waals surface area contributed by atoms with E-state index in [-0.39, 0.29) is 41.9 Å². The normalized spacial score (nSPS) is 13.7. The lowest BCUT2D eigenvalue weighted by Crippen LogP contribution is -2.50. The Balaban J connectivity index is 0. The summed E-state index contributed by atoms with van der Waals surface area (Å²) in [6.07, 6.45) is 2.50. The van der Waals surface area contributed by atoms with Gasteiger partial charge in [0.15, 0.2) is 5.96 Å². The lowest BCUT2D eigenvalue weighted by molar-refractivity contribution is -0.144. The molecule has 8 nitrogen and oxygen atoms in total. The van der Waals surface area contributed by atoms with Crippen LogP contribution < -0.4 is 16.0 Å². The summed E-state index contributed by atoms with van der Waals surface area (Å²) in [6.45, 7) is 10.2. The molecule has 27 heavy (non-hydrogen) atoms. The lowest BCUT2D eigenvalue weighted by atomic mass is 10.1. The second kappa shape index (κ2) is 14.8. The maximum atomic E-state index is 11.9. The van der Waals surface area contributed by atoms with E-state index >= 15 is 0 Å². The molecule has 0 aromatic heterocycles. The number of carbonyl (C=O) groups is 2. The number of ether oxygens (including phenoxy) is 2. The molecule has 2 unspecified atom stereocenters. The first-order valence-corrected chi connectivity index (χ1v) is 9.14. The molecule has 0 aromatic carbocycles. The average Bonchev–Trinajstić information content (AvgIpc) is 2.57. The van der Waals surface area contributed by atoms with Crippen LogP contribution in [0.5, 0.6) is 0 Å². The summed E-state index contributed by atoms with van der Waals surface area (Å²) in [5, 5.41) is 9.19. The Labute approximate surface area is 180 Å². The fourth-order valence-corrected chi connectivity index (χ4v) is 2.12. The van der Waals surface area contributed by atoms with E-state index in [0.717, 1.165) is 19.3 Å². The molecule has 1 amide bonds. The average molecular weight is 500 g/mol. The van der Waals surface area contributed by atoms with Crippen molar-refractivity contribution in [2.75, 3.05) is 27.2 Å². The van der Waals surface area contributed by atoms with Gasteiger partial charge in [0.25, 0.3) is 0 Å². The Kier molecular flexibility index (Phi) is 15.3. The van der Waals surface area contributed by atoms with Gasteiger partial charge in [-0.25, -0.2) is 4.79 Å². The van der Waals surface area contributed by atoms with Crippen molar-refractivity contribution in [3.63, 3.8) is 0 Å². The zero-order valence-corrected chi connectivity index (χ0v) is 20.0. The second-order valence-corrected chi connectivity index (χ2v) is 7.24. The van der Waals surface area contributed by atoms with E-state index in [1.165, 1.54) is 7.11 Å². The van der Waals surface area contributed by atoms with Crippen LogP contribution in [0.4, 0.5) is 4.79 Å². The molecule has 0 rings (SSSR count). The minimum Gasteiger partial charge on any atom is -0.469 e. The smallest absolute Gasteiger partial charge is 0.407 e. The maximum Gasteiger partial charge on any atom is 0.407 e. The van der Waals surface area contributed by atoms with Crippen LogP contribution in [0.3, 0.4) is 0 Å². The van der Waals surface area contributed by atoms with Gasteiger partial charge in [0.1, 0.15) is 5.60 Å². The first-order chi connectivity index (χ1) is 12.1. The number of methoxy groups -OCH3 is 1. The summed E-state index contributed by atoms with van der Waals surface area (Å²) < 4.78 is 9.98. The minimum atomic E-state index is -0.530. The van der Waals surface area contributed by atoms with Crippen molar-refractivity contribution >= 4 is 42.0 Å². The Morgan fingerprint density at radius 3 is 2.26 bits per heavy atom.